The van der Waals surface area contributed by atoms with E-state index in [2.05, 4.69) is 6.58 Å². The Kier molecular flexibility index (Phi) is 5.99. The number of anilines is 1. The minimum atomic E-state index is -4.17. The van der Waals surface area contributed by atoms with Gasteiger partial charge in [-0.05, 0) is 30.3 Å². The van der Waals surface area contributed by atoms with Crippen LogP contribution in [0.5, 0.6) is 5.75 Å². The number of carbonyl (C=O) groups is 1. The van der Waals surface area contributed by atoms with Crippen molar-refractivity contribution in [1.29, 1.82) is 0 Å². The average molecular weight is 379 g/mol. The lowest BCUT2D eigenvalue weighted by molar-refractivity contribution is 0.0601. The zero-order valence-corrected chi connectivity index (χ0v) is 15.1. The first-order valence-corrected chi connectivity index (χ1v) is 8.95. The molecule has 2 rings (SSSR count). The molecule has 0 unspecified atom stereocenters. The normalized spacial score (nSPS) is 10.9. The molecule has 0 aliphatic heterocycles. The Morgan fingerprint density at radius 3 is 2.50 bits per heavy atom. The molecule has 8 heteroatoms. The standard InChI is InChI=1S/C18H18FNO5S/c1-4-11-20(16-8-6-5-7-14(16)18(21)25-3)26(22,23)13-9-10-17(24-2)15(19)12-13/h4-10,12H,1,11H2,2-3H3. The van der Waals surface area contributed by atoms with Gasteiger partial charge in [-0.1, -0.05) is 18.2 Å². The number of hydrogen-bond donors (Lipinski definition) is 0. The van der Waals surface area contributed by atoms with Crippen molar-refractivity contribution in [3.8, 4) is 5.75 Å². The van der Waals surface area contributed by atoms with Crippen LogP contribution in [0.2, 0.25) is 0 Å². The summed E-state index contributed by atoms with van der Waals surface area (Å²) < 4.78 is 50.6. The fraction of sp³-hybridized carbons (Fsp3) is 0.167. The number of para-hydroxylation sites is 1. The van der Waals surface area contributed by atoms with Crippen LogP contribution in [0.1, 0.15) is 10.4 Å². The third kappa shape index (κ3) is 3.70. The number of carbonyl (C=O) groups excluding carboxylic acids is 1. The Morgan fingerprint density at radius 1 is 1.23 bits per heavy atom. The van der Waals surface area contributed by atoms with Crippen molar-refractivity contribution >= 4 is 21.7 Å². The molecule has 2 aromatic rings. The SMILES string of the molecule is C=CCN(c1ccccc1C(=O)OC)S(=O)(=O)c1ccc(OC)c(F)c1. The molecular formula is C18H18FNO5S. The maximum atomic E-state index is 14.0. The molecule has 2 aromatic carbocycles. The largest absolute Gasteiger partial charge is 0.494 e. The molecule has 0 aliphatic carbocycles. The number of hydrogen-bond acceptors (Lipinski definition) is 5. The Labute approximate surface area is 151 Å². The van der Waals surface area contributed by atoms with Crippen LogP contribution in [-0.4, -0.2) is 35.2 Å². The molecule has 0 radical (unpaired) electrons. The van der Waals surface area contributed by atoms with E-state index in [1.165, 1.54) is 44.6 Å². The van der Waals surface area contributed by atoms with Gasteiger partial charge in [0.1, 0.15) is 0 Å². The Hall–Kier alpha value is -2.87. The highest BCUT2D eigenvalue weighted by Crippen LogP contribution is 2.29. The number of methoxy groups -OCH3 is 2. The second-order valence-corrected chi connectivity index (χ2v) is 6.99. The van der Waals surface area contributed by atoms with E-state index < -0.39 is 21.8 Å². The number of esters is 1. The van der Waals surface area contributed by atoms with Crippen molar-refractivity contribution in [3.05, 3.63) is 66.5 Å². The summed E-state index contributed by atoms with van der Waals surface area (Å²) >= 11 is 0. The van der Waals surface area contributed by atoms with E-state index in [0.717, 1.165) is 10.4 Å². The number of halogens is 1. The summed E-state index contributed by atoms with van der Waals surface area (Å²) in [6.45, 7) is 3.44. The van der Waals surface area contributed by atoms with Crippen LogP contribution >= 0.6 is 0 Å². The van der Waals surface area contributed by atoms with Gasteiger partial charge in [0.25, 0.3) is 10.0 Å². The molecule has 0 spiro atoms. The van der Waals surface area contributed by atoms with Crippen molar-refractivity contribution in [2.45, 2.75) is 4.90 Å². The van der Waals surface area contributed by atoms with E-state index in [1.807, 2.05) is 0 Å². The van der Waals surface area contributed by atoms with Crippen LogP contribution in [0.25, 0.3) is 0 Å². The predicted molar refractivity (Wildman–Crippen MR) is 95.5 cm³/mol. The Morgan fingerprint density at radius 2 is 1.92 bits per heavy atom. The van der Waals surface area contributed by atoms with Crippen LogP contribution in [0, 0.1) is 5.82 Å². The lowest BCUT2D eigenvalue weighted by Gasteiger charge is -2.25. The summed E-state index contributed by atoms with van der Waals surface area (Å²) in [5.74, 6) is -1.58. The summed E-state index contributed by atoms with van der Waals surface area (Å²) in [4.78, 5) is 11.7. The van der Waals surface area contributed by atoms with E-state index >= 15 is 0 Å². The topological polar surface area (TPSA) is 72.9 Å². The van der Waals surface area contributed by atoms with Crippen molar-refractivity contribution in [2.75, 3.05) is 25.1 Å². The smallest absolute Gasteiger partial charge is 0.340 e. The summed E-state index contributed by atoms with van der Waals surface area (Å²) in [5.41, 5.74) is 0.171. The molecule has 0 atom stereocenters. The van der Waals surface area contributed by atoms with Crippen LogP contribution in [0.15, 0.2) is 60.0 Å². The molecule has 0 saturated carbocycles. The van der Waals surface area contributed by atoms with Crippen molar-refractivity contribution in [3.63, 3.8) is 0 Å². The highest BCUT2D eigenvalue weighted by molar-refractivity contribution is 7.92. The van der Waals surface area contributed by atoms with Gasteiger partial charge in [-0.3, -0.25) is 4.31 Å². The predicted octanol–water partition coefficient (Wildman–Crippen LogP) is 3.00. The second-order valence-electron chi connectivity index (χ2n) is 5.13. The first-order valence-electron chi connectivity index (χ1n) is 7.51. The molecular weight excluding hydrogens is 361 g/mol. The summed E-state index contributed by atoms with van der Waals surface area (Å²) in [6.07, 6.45) is 1.37. The van der Waals surface area contributed by atoms with Crippen LogP contribution in [-0.2, 0) is 14.8 Å². The van der Waals surface area contributed by atoms with Gasteiger partial charge in [0.15, 0.2) is 11.6 Å². The zero-order chi connectivity index (χ0) is 19.3. The molecule has 0 N–H and O–H groups in total. The molecule has 0 aliphatic rings. The minimum absolute atomic E-state index is 0.0643. The van der Waals surface area contributed by atoms with Gasteiger partial charge >= 0.3 is 5.97 Å². The number of ether oxygens (including phenoxy) is 2. The van der Waals surface area contributed by atoms with Crippen LogP contribution in [0.3, 0.4) is 0 Å². The van der Waals surface area contributed by atoms with Gasteiger partial charge in [-0.15, -0.1) is 6.58 Å². The minimum Gasteiger partial charge on any atom is -0.494 e. The second kappa shape index (κ2) is 8.01. The monoisotopic (exact) mass is 379 g/mol. The zero-order valence-electron chi connectivity index (χ0n) is 14.3. The fourth-order valence-corrected chi connectivity index (χ4v) is 3.82. The van der Waals surface area contributed by atoms with Crippen molar-refractivity contribution in [1.82, 2.24) is 0 Å². The van der Waals surface area contributed by atoms with Crippen molar-refractivity contribution < 1.29 is 27.1 Å². The highest BCUT2D eigenvalue weighted by Gasteiger charge is 2.28. The molecule has 0 saturated heterocycles. The molecule has 26 heavy (non-hydrogen) atoms. The van der Waals surface area contributed by atoms with Gasteiger partial charge in [-0.2, -0.15) is 0 Å². The van der Waals surface area contributed by atoms with Gasteiger partial charge < -0.3 is 9.47 Å². The maximum Gasteiger partial charge on any atom is 0.340 e. The van der Waals surface area contributed by atoms with E-state index in [0.29, 0.717) is 0 Å². The van der Waals surface area contributed by atoms with E-state index in [1.54, 1.807) is 12.1 Å². The highest BCUT2D eigenvalue weighted by atomic mass is 32.2. The van der Waals surface area contributed by atoms with E-state index in [-0.39, 0.29) is 28.4 Å². The summed E-state index contributed by atoms with van der Waals surface area (Å²) in [7, 11) is -1.69. The Bertz CT molecular complexity index is 927. The van der Waals surface area contributed by atoms with E-state index in [4.69, 9.17) is 9.47 Å². The first-order chi connectivity index (χ1) is 12.4. The quantitative estimate of drug-likeness (QED) is 0.546. The lowest BCUT2D eigenvalue weighted by atomic mass is 10.2. The molecule has 6 nitrogen and oxygen atoms in total. The molecule has 0 heterocycles. The molecule has 138 valence electrons. The van der Waals surface area contributed by atoms with Crippen LogP contribution in [0.4, 0.5) is 10.1 Å². The summed E-state index contributed by atoms with van der Waals surface area (Å²) in [5, 5.41) is 0. The first kappa shape index (κ1) is 19.5. The lowest BCUT2D eigenvalue weighted by Crippen LogP contribution is -2.32. The molecule has 0 amide bonds. The number of benzene rings is 2. The number of nitrogens with zero attached hydrogens (tertiary/aromatic N) is 1. The molecule has 0 fully saturated rings. The van der Waals surface area contributed by atoms with Crippen LogP contribution < -0.4 is 9.04 Å². The van der Waals surface area contributed by atoms with Gasteiger partial charge in [-0.25, -0.2) is 17.6 Å². The third-order valence-electron chi connectivity index (χ3n) is 3.58. The molecule has 0 aromatic heterocycles. The fourth-order valence-electron chi connectivity index (χ4n) is 2.35. The van der Waals surface area contributed by atoms with E-state index in [9.17, 15) is 17.6 Å². The van der Waals surface area contributed by atoms with Crippen molar-refractivity contribution in [2.24, 2.45) is 0 Å². The molecule has 0 bridgehead atoms. The van der Waals surface area contributed by atoms with Gasteiger partial charge in [0.05, 0.1) is 36.9 Å². The number of rotatable bonds is 7. The Balaban J connectivity index is 2.62. The third-order valence-corrected chi connectivity index (χ3v) is 5.36. The maximum absolute atomic E-state index is 14.0. The summed E-state index contributed by atoms with van der Waals surface area (Å²) in [6, 6.07) is 9.40. The van der Waals surface area contributed by atoms with Gasteiger partial charge in [0.2, 0.25) is 0 Å². The number of sulfonamides is 1. The average Bonchev–Trinajstić information content (AvgIpc) is 2.65. The van der Waals surface area contributed by atoms with Gasteiger partial charge in [0, 0.05) is 0 Å².